The van der Waals surface area contributed by atoms with E-state index in [4.69, 9.17) is 4.74 Å². The monoisotopic (exact) mass is 199 g/mol. The zero-order valence-electron chi connectivity index (χ0n) is 7.94. The molecule has 3 heteroatoms. The van der Waals surface area contributed by atoms with Crippen molar-refractivity contribution < 1.29 is 9.53 Å². The van der Waals surface area contributed by atoms with E-state index in [1.54, 1.807) is 24.7 Å². The Balaban J connectivity index is 2.25. The number of carbonyl (C=O) groups is 1. The van der Waals surface area contributed by atoms with Gasteiger partial charge in [-0.25, -0.2) is 0 Å². The third-order valence-corrected chi connectivity index (χ3v) is 2.82. The van der Waals surface area contributed by atoms with Gasteiger partial charge in [0.1, 0.15) is 5.41 Å². The largest absolute Gasteiger partial charge is 0.473 e. The summed E-state index contributed by atoms with van der Waals surface area (Å²) in [7, 11) is 0. The van der Waals surface area contributed by atoms with Crippen molar-refractivity contribution in [1.29, 1.82) is 0 Å². The molecule has 0 unspecified atom stereocenters. The maximum atomic E-state index is 11.9. The van der Waals surface area contributed by atoms with Gasteiger partial charge >= 0.3 is 0 Å². The molecule has 0 fully saturated rings. The molecule has 2 heterocycles. The smallest absolute Gasteiger partial charge is 0.243 e. The van der Waals surface area contributed by atoms with Crippen LogP contribution in [-0.2, 0) is 14.9 Å². The first-order valence-electron chi connectivity index (χ1n) is 4.75. The van der Waals surface area contributed by atoms with Crippen LogP contribution in [-0.4, -0.2) is 5.91 Å². The normalized spacial score (nSPS) is 19.9. The minimum Gasteiger partial charge on any atom is -0.473 e. The number of ether oxygens (including phenoxy) is 1. The fourth-order valence-corrected chi connectivity index (χ4v) is 2.03. The summed E-state index contributed by atoms with van der Waals surface area (Å²) >= 11 is 0. The molecule has 0 radical (unpaired) electrons. The van der Waals surface area contributed by atoms with Crippen LogP contribution >= 0.6 is 0 Å². The lowest BCUT2D eigenvalue weighted by Gasteiger charge is -2.20. The van der Waals surface area contributed by atoms with Crippen LogP contribution in [0.4, 0.5) is 5.69 Å². The van der Waals surface area contributed by atoms with Gasteiger partial charge in [0.15, 0.2) is 0 Å². The Morgan fingerprint density at radius 1 is 1.13 bits per heavy atom. The Bertz CT molecular complexity index is 476. The molecule has 3 nitrogen and oxygen atoms in total. The molecule has 3 rings (SSSR count). The molecular formula is C12H9NO2. The standard InChI is InChI=1S/C12H9NO2/c14-11-12(5-7-15-8-6-12)9-3-1-2-4-10(9)13-11/h1-8H,(H,13,14). The van der Waals surface area contributed by atoms with Gasteiger partial charge in [0.25, 0.3) is 0 Å². The van der Waals surface area contributed by atoms with Crippen LogP contribution in [0.2, 0.25) is 0 Å². The minimum absolute atomic E-state index is 0.0282. The summed E-state index contributed by atoms with van der Waals surface area (Å²) in [5.41, 5.74) is 1.18. The number of hydrogen-bond donors (Lipinski definition) is 1. The zero-order chi connectivity index (χ0) is 10.3. The van der Waals surface area contributed by atoms with Gasteiger partial charge in [-0.15, -0.1) is 0 Å². The fraction of sp³-hybridized carbons (Fsp3) is 0.0833. The Kier molecular flexibility index (Phi) is 1.51. The predicted octanol–water partition coefficient (Wildman–Crippen LogP) is 1.93. The lowest BCUT2D eigenvalue weighted by Crippen LogP contribution is -2.31. The predicted molar refractivity (Wildman–Crippen MR) is 56.1 cm³/mol. The number of amides is 1. The van der Waals surface area contributed by atoms with E-state index in [1.165, 1.54) is 0 Å². The van der Waals surface area contributed by atoms with Crippen molar-refractivity contribution in [2.45, 2.75) is 5.41 Å². The number of rotatable bonds is 0. The van der Waals surface area contributed by atoms with Crippen LogP contribution in [0.15, 0.2) is 48.9 Å². The molecule has 0 aromatic heterocycles. The van der Waals surface area contributed by atoms with Crippen LogP contribution in [0, 0.1) is 0 Å². The third-order valence-electron chi connectivity index (χ3n) is 2.82. The number of carbonyl (C=O) groups excluding carboxylic acids is 1. The topological polar surface area (TPSA) is 38.3 Å². The maximum absolute atomic E-state index is 11.9. The lowest BCUT2D eigenvalue weighted by atomic mass is 9.81. The number of para-hydroxylation sites is 1. The molecule has 1 aromatic carbocycles. The van der Waals surface area contributed by atoms with E-state index in [0.717, 1.165) is 11.3 Å². The van der Waals surface area contributed by atoms with Gasteiger partial charge in [-0.1, -0.05) is 18.2 Å². The minimum atomic E-state index is -0.672. The van der Waals surface area contributed by atoms with Crippen molar-refractivity contribution in [2.75, 3.05) is 5.32 Å². The molecule has 74 valence electrons. The molecule has 0 saturated carbocycles. The average Bonchev–Trinajstić information content (AvgIpc) is 2.55. The average molecular weight is 199 g/mol. The van der Waals surface area contributed by atoms with Crippen molar-refractivity contribution in [2.24, 2.45) is 0 Å². The van der Waals surface area contributed by atoms with Crippen LogP contribution in [0.25, 0.3) is 0 Å². The van der Waals surface area contributed by atoms with Crippen LogP contribution in [0.5, 0.6) is 0 Å². The summed E-state index contributed by atoms with van der Waals surface area (Å²) in [5, 5.41) is 2.86. The zero-order valence-corrected chi connectivity index (χ0v) is 7.94. The molecule has 1 amide bonds. The van der Waals surface area contributed by atoms with Crippen molar-refractivity contribution >= 4 is 11.6 Å². The first-order valence-corrected chi connectivity index (χ1v) is 4.75. The highest BCUT2D eigenvalue weighted by Crippen LogP contribution is 2.40. The van der Waals surface area contributed by atoms with Gasteiger partial charge in [-0.05, 0) is 23.8 Å². The Hall–Kier alpha value is -2.03. The van der Waals surface area contributed by atoms with Gasteiger partial charge in [-0.2, -0.15) is 0 Å². The molecular weight excluding hydrogens is 190 g/mol. The van der Waals surface area contributed by atoms with Crippen molar-refractivity contribution in [3.8, 4) is 0 Å². The van der Waals surface area contributed by atoms with Gasteiger partial charge < -0.3 is 10.1 Å². The molecule has 1 aromatic rings. The molecule has 0 saturated heterocycles. The van der Waals surface area contributed by atoms with Crippen molar-refractivity contribution in [1.82, 2.24) is 0 Å². The number of hydrogen-bond acceptors (Lipinski definition) is 2. The number of benzene rings is 1. The molecule has 1 N–H and O–H groups in total. The van der Waals surface area contributed by atoms with E-state index in [2.05, 4.69) is 5.32 Å². The van der Waals surface area contributed by atoms with E-state index >= 15 is 0 Å². The van der Waals surface area contributed by atoms with E-state index in [1.807, 2.05) is 24.3 Å². The third kappa shape index (κ3) is 0.973. The second-order valence-electron chi connectivity index (χ2n) is 3.61. The summed E-state index contributed by atoms with van der Waals surface area (Å²) < 4.78 is 4.98. The highest BCUT2D eigenvalue weighted by atomic mass is 16.5. The second kappa shape index (κ2) is 2.73. The van der Waals surface area contributed by atoms with E-state index in [0.29, 0.717) is 0 Å². The summed E-state index contributed by atoms with van der Waals surface area (Å²) in [6.07, 6.45) is 6.63. The Morgan fingerprint density at radius 3 is 2.67 bits per heavy atom. The quantitative estimate of drug-likeness (QED) is 0.693. The van der Waals surface area contributed by atoms with Gasteiger partial charge in [0, 0.05) is 5.69 Å². The molecule has 15 heavy (non-hydrogen) atoms. The molecule has 2 aliphatic rings. The molecule has 1 spiro atoms. The fourth-order valence-electron chi connectivity index (χ4n) is 2.03. The molecule has 0 atom stereocenters. The summed E-state index contributed by atoms with van der Waals surface area (Å²) in [5.74, 6) is -0.0282. The van der Waals surface area contributed by atoms with E-state index in [-0.39, 0.29) is 5.91 Å². The van der Waals surface area contributed by atoms with E-state index < -0.39 is 5.41 Å². The number of anilines is 1. The Morgan fingerprint density at radius 2 is 1.87 bits per heavy atom. The number of fused-ring (bicyclic) bond motifs is 2. The number of nitrogens with one attached hydrogen (secondary N) is 1. The van der Waals surface area contributed by atoms with Crippen molar-refractivity contribution in [3.05, 3.63) is 54.5 Å². The molecule has 0 aliphatic carbocycles. The van der Waals surface area contributed by atoms with Crippen LogP contribution < -0.4 is 5.32 Å². The van der Waals surface area contributed by atoms with Gasteiger partial charge in [-0.3, -0.25) is 4.79 Å². The first-order chi connectivity index (χ1) is 7.33. The molecule has 2 aliphatic heterocycles. The SMILES string of the molecule is O=C1Nc2ccccc2C12C=COC=C2. The maximum Gasteiger partial charge on any atom is 0.243 e. The highest BCUT2D eigenvalue weighted by molar-refractivity contribution is 6.09. The van der Waals surface area contributed by atoms with Gasteiger partial charge in [0.05, 0.1) is 12.5 Å². The van der Waals surface area contributed by atoms with Gasteiger partial charge in [0.2, 0.25) is 5.91 Å². The lowest BCUT2D eigenvalue weighted by molar-refractivity contribution is -0.118. The summed E-state index contributed by atoms with van der Waals surface area (Å²) in [6.45, 7) is 0. The van der Waals surface area contributed by atoms with E-state index in [9.17, 15) is 4.79 Å². The summed E-state index contributed by atoms with van der Waals surface area (Å²) in [4.78, 5) is 11.9. The van der Waals surface area contributed by atoms with Crippen LogP contribution in [0.1, 0.15) is 5.56 Å². The second-order valence-corrected chi connectivity index (χ2v) is 3.61. The Labute approximate surface area is 87.1 Å². The molecule has 0 bridgehead atoms. The van der Waals surface area contributed by atoms with Crippen molar-refractivity contribution in [3.63, 3.8) is 0 Å². The van der Waals surface area contributed by atoms with Crippen LogP contribution in [0.3, 0.4) is 0 Å². The summed E-state index contributed by atoms with van der Waals surface area (Å²) in [6, 6.07) is 7.69. The first kappa shape index (κ1) is 8.29. The highest BCUT2D eigenvalue weighted by Gasteiger charge is 2.43.